The van der Waals surface area contributed by atoms with Gasteiger partial charge in [-0.25, -0.2) is 0 Å². The van der Waals surface area contributed by atoms with Crippen LogP contribution < -0.4 is 5.73 Å². The topological polar surface area (TPSA) is 43.1 Å². The van der Waals surface area contributed by atoms with Gasteiger partial charge in [-0.2, -0.15) is 0 Å². The van der Waals surface area contributed by atoms with Crippen LogP contribution in [0.5, 0.6) is 0 Å². The first-order valence-electron chi connectivity index (χ1n) is 7.12. The van der Waals surface area contributed by atoms with E-state index in [1.807, 2.05) is 51.2 Å². The second-order valence-corrected chi connectivity index (χ2v) is 5.13. The molecule has 0 rings (SSSR count). The number of rotatable bonds is 8. The Balaban J connectivity index is -0.000000656. The summed E-state index contributed by atoms with van der Waals surface area (Å²) in [5.41, 5.74) is 6.48. The van der Waals surface area contributed by atoms with Gasteiger partial charge in [-0.15, -0.1) is 12.8 Å². The number of hydrogen-bond acceptors (Lipinski definition) is 2. The molecule has 0 saturated heterocycles. The van der Waals surface area contributed by atoms with Crippen molar-refractivity contribution >= 4 is 10.8 Å². The highest BCUT2D eigenvalue weighted by atomic mass is 32.2. The Morgan fingerprint density at radius 2 is 1.85 bits per heavy atom. The number of hydrogen-bond donors (Lipinski definition) is 1. The third kappa shape index (κ3) is 19.2. The summed E-state index contributed by atoms with van der Waals surface area (Å²) in [5.74, 6) is 1.44. The van der Waals surface area contributed by atoms with E-state index in [0.717, 1.165) is 24.2 Å². The van der Waals surface area contributed by atoms with Crippen LogP contribution in [0.1, 0.15) is 40.5 Å². The molecule has 2 nitrogen and oxygen atoms in total. The highest BCUT2D eigenvalue weighted by molar-refractivity contribution is 7.85. The summed E-state index contributed by atoms with van der Waals surface area (Å²) < 4.78 is 11.6. The number of nitrogens with two attached hydrogens (primary N) is 1. The van der Waals surface area contributed by atoms with E-state index in [1.54, 1.807) is 0 Å². The van der Waals surface area contributed by atoms with Gasteiger partial charge in [0.25, 0.3) is 0 Å². The highest BCUT2D eigenvalue weighted by Crippen LogP contribution is 2.01. The van der Waals surface area contributed by atoms with E-state index < -0.39 is 10.8 Å². The summed E-state index contributed by atoms with van der Waals surface area (Å²) in [6.07, 6.45) is 20.0. The fraction of sp³-hybridized carbons (Fsp3) is 0.529. The maximum atomic E-state index is 11.6. The minimum absolute atomic E-state index is 0.536. The lowest BCUT2D eigenvalue weighted by Gasteiger charge is -1.98. The smallest absolute Gasteiger partial charge is 0.0424 e. The normalized spacial score (nSPS) is 12.4. The molecule has 0 aliphatic heterocycles. The van der Waals surface area contributed by atoms with Crippen molar-refractivity contribution in [1.82, 2.24) is 0 Å². The van der Waals surface area contributed by atoms with Crippen molar-refractivity contribution in [2.24, 2.45) is 5.73 Å². The Hall–Kier alpha value is -1.11. The number of terminal acetylenes is 1. The average Bonchev–Trinajstić information content (AvgIpc) is 2.52. The first-order valence-corrected chi connectivity index (χ1v) is 8.61. The molecule has 0 radical (unpaired) electrons. The fourth-order valence-electron chi connectivity index (χ4n) is 1.17. The Morgan fingerprint density at radius 3 is 2.30 bits per heavy atom. The molecule has 1 atom stereocenters. The lowest BCUT2D eigenvalue weighted by atomic mass is 10.2. The van der Waals surface area contributed by atoms with E-state index in [4.69, 9.17) is 5.73 Å². The zero-order valence-electron chi connectivity index (χ0n) is 13.5. The van der Waals surface area contributed by atoms with Gasteiger partial charge in [-0.05, 0) is 18.9 Å². The van der Waals surface area contributed by atoms with E-state index in [2.05, 4.69) is 19.8 Å². The van der Waals surface area contributed by atoms with Crippen LogP contribution in [0.25, 0.3) is 0 Å². The second kappa shape index (κ2) is 23.0. The summed E-state index contributed by atoms with van der Waals surface area (Å²) >= 11 is 0. The van der Waals surface area contributed by atoms with E-state index in [1.165, 1.54) is 0 Å². The number of allylic oxidation sites excluding steroid dienone is 4. The van der Waals surface area contributed by atoms with Crippen LogP contribution in [0.2, 0.25) is 0 Å². The molecule has 0 aromatic carbocycles. The van der Waals surface area contributed by atoms with Crippen LogP contribution in [0.3, 0.4) is 0 Å². The van der Waals surface area contributed by atoms with Gasteiger partial charge in [0.15, 0.2) is 0 Å². The van der Waals surface area contributed by atoms with Gasteiger partial charge in [0, 0.05) is 28.9 Å². The summed E-state index contributed by atoms with van der Waals surface area (Å²) in [6, 6.07) is 0. The van der Waals surface area contributed by atoms with Crippen LogP contribution in [0.15, 0.2) is 36.0 Å². The highest BCUT2D eigenvalue weighted by Gasteiger charge is 1.96. The van der Waals surface area contributed by atoms with Crippen molar-refractivity contribution in [2.75, 3.05) is 18.1 Å². The standard InChI is InChI=1S/C13H23NOS.C2H6.C2H2/c1-3-5-11-16(15)12-9-13(7-4-2)8-6-10-14;2*1-2/h4,6-9H,3,5,10-12,14H2,1-2H3;1-2H3;1-2H/b7-4-,8-6+,13-9+;;. The monoisotopic (exact) mass is 297 g/mol. The van der Waals surface area contributed by atoms with Gasteiger partial charge in [-0.1, -0.05) is 57.6 Å². The molecule has 0 aliphatic carbocycles. The Bertz CT molecular complexity index is 314. The molecule has 0 heterocycles. The van der Waals surface area contributed by atoms with Gasteiger partial charge < -0.3 is 5.73 Å². The van der Waals surface area contributed by atoms with Gasteiger partial charge in [0.1, 0.15) is 0 Å². The Morgan fingerprint density at radius 1 is 1.25 bits per heavy atom. The van der Waals surface area contributed by atoms with E-state index in [0.29, 0.717) is 12.3 Å². The molecule has 0 amide bonds. The van der Waals surface area contributed by atoms with Crippen molar-refractivity contribution in [3.05, 3.63) is 36.0 Å². The maximum absolute atomic E-state index is 11.6. The molecule has 2 N–H and O–H groups in total. The van der Waals surface area contributed by atoms with Crippen LogP contribution >= 0.6 is 0 Å². The lowest BCUT2D eigenvalue weighted by Crippen LogP contribution is -2.00. The molecule has 0 fully saturated rings. The first-order chi connectivity index (χ1) is 9.74. The molecule has 0 aromatic heterocycles. The molecule has 116 valence electrons. The zero-order valence-corrected chi connectivity index (χ0v) is 14.3. The maximum Gasteiger partial charge on any atom is 0.0424 e. The molecular formula is C17H31NOS. The van der Waals surface area contributed by atoms with Crippen LogP contribution in [0.4, 0.5) is 0 Å². The SMILES string of the molecule is C#C.CC.C\C=C/C(/C=C/CN)=C\CS(=O)CCCC. The molecule has 20 heavy (non-hydrogen) atoms. The third-order valence-corrected chi connectivity index (χ3v) is 3.32. The van der Waals surface area contributed by atoms with Crippen molar-refractivity contribution < 1.29 is 4.21 Å². The predicted molar refractivity (Wildman–Crippen MR) is 95.1 cm³/mol. The fourth-order valence-corrected chi connectivity index (χ4v) is 2.32. The van der Waals surface area contributed by atoms with Gasteiger partial charge in [0.05, 0.1) is 0 Å². The minimum atomic E-state index is -0.725. The van der Waals surface area contributed by atoms with Crippen LogP contribution in [-0.2, 0) is 10.8 Å². The first kappa shape index (κ1) is 23.9. The van der Waals surface area contributed by atoms with Crippen molar-refractivity contribution in [1.29, 1.82) is 0 Å². The average molecular weight is 298 g/mol. The molecule has 3 heteroatoms. The largest absolute Gasteiger partial charge is 0.327 e. The predicted octanol–water partition coefficient (Wildman–Crippen LogP) is 3.83. The van der Waals surface area contributed by atoms with Crippen molar-refractivity contribution in [2.45, 2.75) is 40.5 Å². The van der Waals surface area contributed by atoms with E-state index in [9.17, 15) is 4.21 Å². The zero-order chi connectivity index (χ0) is 16.2. The second-order valence-electron chi connectivity index (χ2n) is 3.51. The molecule has 0 aliphatic rings. The summed E-state index contributed by atoms with van der Waals surface area (Å²) in [4.78, 5) is 0. The summed E-state index contributed by atoms with van der Waals surface area (Å²) in [7, 11) is -0.725. The van der Waals surface area contributed by atoms with E-state index in [-0.39, 0.29) is 0 Å². The van der Waals surface area contributed by atoms with Crippen LogP contribution in [-0.4, -0.2) is 22.3 Å². The molecule has 0 spiro atoms. The Labute approximate surface area is 128 Å². The minimum Gasteiger partial charge on any atom is -0.327 e. The van der Waals surface area contributed by atoms with Gasteiger partial charge >= 0.3 is 0 Å². The van der Waals surface area contributed by atoms with Crippen molar-refractivity contribution in [3.63, 3.8) is 0 Å². The van der Waals surface area contributed by atoms with Gasteiger partial charge in [-0.3, -0.25) is 4.21 Å². The molecule has 1 unspecified atom stereocenters. The summed E-state index contributed by atoms with van der Waals surface area (Å²) in [6.45, 7) is 8.62. The molecule has 0 aromatic rings. The third-order valence-electron chi connectivity index (χ3n) is 2.04. The summed E-state index contributed by atoms with van der Waals surface area (Å²) in [5, 5.41) is 0. The quantitative estimate of drug-likeness (QED) is 0.546. The molecular weight excluding hydrogens is 266 g/mol. The van der Waals surface area contributed by atoms with E-state index >= 15 is 0 Å². The molecule has 0 bridgehead atoms. The van der Waals surface area contributed by atoms with Crippen molar-refractivity contribution in [3.8, 4) is 12.8 Å². The molecule has 0 saturated carbocycles. The lowest BCUT2D eigenvalue weighted by molar-refractivity contribution is 0.681. The van der Waals surface area contributed by atoms with Crippen LogP contribution in [0, 0.1) is 12.8 Å². The Kier molecular flexibility index (Phi) is 27.6. The van der Waals surface area contributed by atoms with Gasteiger partial charge in [0.2, 0.25) is 0 Å². The number of unbranched alkanes of at least 4 members (excludes halogenated alkanes) is 1.